The molecule has 314 valence electrons. The van der Waals surface area contributed by atoms with Crippen LogP contribution in [0, 0.1) is 5.92 Å². The lowest BCUT2D eigenvalue weighted by atomic mass is 10.0. The van der Waals surface area contributed by atoms with Gasteiger partial charge in [-0.1, -0.05) is 220 Å². The fraction of sp³-hybridized carbons (Fsp3) is 0.936. The van der Waals surface area contributed by atoms with E-state index in [9.17, 15) is 14.4 Å². The van der Waals surface area contributed by atoms with Crippen molar-refractivity contribution in [1.82, 2.24) is 0 Å². The Balaban J connectivity index is 4.31. The van der Waals surface area contributed by atoms with E-state index in [4.69, 9.17) is 14.2 Å². The first-order chi connectivity index (χ1) is 25.9. The van der Waals surface area contributed by atoms with Crippen molar-refractivity contribution in [2.24, 2.45) is 5.92 Å². The Bertz CT molecular complexity index is 796. The zero-order valence-corrected chi connectivity index (χ0v) is 36.0. The van der Waals surface area contributed by atoms with Gasteiger partial charge in [-0.05, 0) is 25.2 Å². The topological polar surface area (TPSA) is 78.9 Å². The molecule has 0 rings (SSSR count). The minimum atomic E-state index is -0.758. The van der Waals surface area contributed by atoms with E-state index in [0.29, 0.717) is 19.3 Å². The number of carbonyl (C=O) groups is 3. The van der Waals surface area contributed by atoms with Gasteiger partial charge in [0.25, 0.3) is 0 Å². The molecule has 0 aliphatic heterocycles. The van der Waals surface area contributed by atoms with Crippen LogP contribution in [0.25, 0.3) is 0 Å². The summed E-state index contributed by atoms with van der Waals surface area (Å²) < 4.78 is 16.7. The van der Waals surface area contributed by atoms with Crippen LogP contribution in [0.1, 0.15) is 259 Å². The highest BCUT2D eigenvalue weighted by Crippen LogP contribution is 2.16. The van der Waals surface area contributed by atoms with Crippen molar-refractivity contribution >= 4 is 17.9 Å². The second kappa shape index (κ2) is 41.6. The van der Waals surface area contributed by atoms with Crippen molar-refractivity contribution in [3.05, 3.63) is 0 Å². The average Bonchev–Trinajstić information content (AvgIpc) is 3.14. The summed E-state index contributed by atoms with van der Waals surface area (Å²) in [5, 5.41) is 0. The minimum Gasteiger partial charge on any atom is -0.462 e. The molecule has 0 radical (unpaired) electrons. The van der Waals surface area contributed by atoms with Gasteiger partial charge in [-0.3, -0.25) is 14.4 Å². The molecule has 0 bridgehead atoms. The Morgan fingerprint density at radius 1 is 0.358 bits per heavy atom. The minimum absolute atomic E-state index is 0.0636. The summed E-state index contributed by atoms with van der Waals surface area (Å²) in [6, 6.07) is 0. The quantitative estimate of drug-likeness (QED) is 0.0351. The lowest BCUT2D eigenvalue weighted by Crippen LogP contribution is -2.30. The molecule has 0 fully saturated rings. The average molecular weight is 751 g/mol. The second-order valence-corrected chi connectivity index (χ2v) is 16.5. The van der Waals surface area contributed by atoms with Crippen LogP contribution < -0.4 is 0 Å². The van der Waals surface area contributed by atoms with Crippen molar-refractivity contribution in [3.8, 4) is 0 Å². The number of carbonyl (C=O) groups excluding carboxylic acids is 3. The summed E-state index contributed by atoms with van der Waals surface area (Å²) >= 11 is 0. The Hall–Kier alpha value is -1.59. The van der Waals surface area contributed by atoms with Gasteiger partial charge in [-0.25, -0.2) is 0 Å². The summed E-state index contributed by atoms with van der Waals surface area (Å²) in [5.74, 6) is -0.0351. The molecule has 0 aliphatic rings. The van der Waals surface area contributed by atoms with Gasteiger partial charge in [-0.2, -0.15) is 0 Å². The maximum Gasteiger partial charge on any atom is 0.306 e. The van der Waals surface area contributed by atoms with E-state index in [0.717, 1.165) is 63.7 Å². The molecular weight excluding hydrogens is 661 g/mol. The third kappa shape index (κ3) is 41.4. The van der Waals surface area contributed by atoms with E-state index >= 15 is 0 Å². The third-order valence-corrected chi connectivity index (χ3v) is 10.5. The maximum absolute atomic E-state index is 12.7. The fourth-order valence-corrected chi connectivity index (χ4v) is 6.98. The first kappa shape index (κ1) is 51.4. The summed E-state index contributed by atoms with van der Waals surface area (Å²) in [7, 11) is 0. The molecule has 0 aromatic heterocycles. The smallest absolute Gasteiger partial charge is 0.306 e. The summed E-state index contributed by atoms with van der Waals surface area (Å²) in [6.45, 7) is 8.98. The first-order valence-corrected chi connectivity index (χ1v) is 23.4. The van der Waals surface area contributed by atoms with E-state index in [-0.39, 0.29) is 31.1 Å². The predicted octanol–water partition coefficient (Wildman–Crippen LogP) is 14.7. The maximum atomic E-state index is 12.7. The lowest BCUT2D eigenvalue weighted by Gasteiger charge is -2.18. The van der Waals surface area contributed by atoms with Gasteiger partial charge in [0.2, 0.25) is 0 Å². The number of rotatable bonds is 42. The number of unbranched alkanes of at least 4 members (excludes halogenated alkanes) is 29. The number of ether oxygens (including phenoxy) is 3. The third-order valence-electron chi connectivity index (χ3n) is 10.5. The molecule has 1 atom stereocenters. The number of esters is 3. The van der Waals surface area contributed by atoms with Gasteiger partial charge in [0.15, 0.2) is 6.10 Å². The highest BCUT2D eigenvalue weighted by Gasteiger charge is 2.19. The van der Waals surface area contributed by atoms with Crippen LogP contribution >= 0.6 is 0 Å². The van der Waals surface area contributed by atoms with E-state index in [1.807, 2.05) is 0 Å². The Labute approximate surface area is 329 Å². The van der Waals surface area contributed by atoms with Crippen molar-refractivity contribution in [2.45, 2.75) is 265 Å². The first-order valence-electron chi connectivity index (χ1n) is 23.4. The van der Waals surface area contributed by atoms with Gasteiger partial charge < -0.3 is 14.2 Å². The van der Waals surface area contributed by atoms with E-state index < -0.39 is 6.10 Å². The lowest BCUT2D eigenvalue weighted by molar-refractivity contribution is -0.167. The van der Waals surface area contributed by atoms with E-state index in [2.05, 4.69) is 27.7 Å². The highest BCUT2D eigenvalue weighted by molar-refractivity contribution is 5.71. The molecule has 0 spiro atoms. The number of hydrogen-bond donors (Lipinski definition) is 0. The predicted molar refractivity (Wildman–Crippen MR) is 224 cm³/mol. The summed E-state index contributed by atoms with van der Waals surface area (Å²) in [5.41, 5.74) is 0. The van der Waals surface area contributed by atoms with Crippen molar-refractivity contribution in [1.29, 1.82) is 0 Å². The molecule has 0 aromatic rings. The standard InChI is InChI=1S/C47H90O6/c1-5-7-9-11-13-15-17-18-23-26-30-34-38-45(48)51-41-44(53-47(50)40-36-32-28-22-16-14-12-10-8-6-2)42-52-46(49)39-35-31-27-24-20-19-21-25-29-33-37-43(3)4/h43-44H,5-42H2,1-4H3/t44-/m1/s1. The van der Waals surface area contributed by atoms with Crippen LogP contribution in [0.4, 0.5) is 0 Å². The van der Waals surface area contributed by atoms with Gasteiger partial charge in [0, 0.05) is 19.3 Å². The molecule has 0 aliphatic carbocycles. The molecule has 0 saturated carbocycles. The van der Waals surface area contributed by atoms with Crippen LogP contribution in [-0.2, 0) is 28.6 Å². The normalized spacial score (nSPS) is 11.9. The van der Waals surface area contributed by atoms with Crippen LogP contribution in [0.2, 0.25) is 0 Å². The molecule has 53 heavy (non-hydrogen) atoms. The monoisotopic (exact) mass is 751 g/mol. The molecule has 6 nitrogen and oxygen atoms in total. The molecule has 0 unspecified atom stereocenters. The van der Waals surface area contributed by atoms with Gasteiger partial charge in [-0.15, -0.1) is 0 Å². The van der Waals surface area contributed by atoms with Crippen molar-refractivity contribution in [2.75, 3.05) is 13.2 Å². The van der Waals surface area contributed by atoms with Crippen LogP contribution in [0.3, 0.4) is 0 Å². The molecule has 0 N–H and O–H groups in total. The van der Waals surface area contributed by atoms with Crippen molar-refractivity contribution < 1.29 is 28.6 Å². The van der Waals surface area contributed by atoms with Crippen molar-refractivity contribution in [3.63, 3.8) is 0 Å². The van der Waals surface area contributed by atoms with Gasteiger partial charge in [0.05, 0.1) is 0 Å². The zero-order valence-electron chi connectivity index (χ0n) is 36.0. The molecule has 0 heterocycles. The van der Waals surface area contributed by atoms with Crippen LogP contribution in [0.15, 0.2) is 0 Å². The van der Waals surface area contributed by atoms with Crippen LogP contribution in [0.5, 0.6) is 0 Å². The molecule has 6 heteroatoms. The van der Waals surface area contributed by atoms with E-state index in [1.165, 1.54) is 154 Å². The Morgan fingerprint density at radius 3 is 0.925 bits per heavy atom. The largest absolute Gasteiger partial charge is 0.462 e. The second-order valence-electron chi connectivity index (χ2n) is 16.5. The fourth-order valence-electron chi connectivity index (χ4n) is 6.98. The summed E-state index contributed by atoms with van der Waals surface area (Å²) in [4.78, 5) is 37.7. The molecular formula is C47H90O6. The molecule has 0 amide bonds. The van der Waals surface area contributed by atoms with Crippen LogP contribution in [-0.4, -0.2) is 37.2 Å². The SMILES string of the molecule is CCCCCCCCCCCCCCC(=O)OC[C@H](COC(=O)CCCCCCCCCCCCC(C)C)OC(=O)CCCCCCCCCCCC. The highest BCUT2D eigenvalue weighted by atomic mass is 16.6. The number of hydrogen-bond acceptors (Lipinski definition) is 6. The zero-order chi connectivity index (χ0) is 38.9. The van der Waals surface area contributed by atoms with Gasteiger partial charge >= 0.3 is 17.9 Å². The Kier molecular flexibility index (Phi) is 40.3. The molecule has 0 saturated heterocycles. The Morgan fingerprint density at radius 2 is 0.623 bits per heavy atom. The molecule has 0 aromatic carbocycles. The van der Waals surface area contributed by atoms with Gasteiger partial charge in [0.1, 0.15) is 13.2 Å². The van der Waals surface area contributed by atoms with E-state index in [1.54, 1.807) is 0 Å². The summed E-state index contributed by atoms with van der Waals surface area (Å²) in [6.07, 6.45) is 40.8.